The van der Waals surface area contributed by atoms with Crippen LogP contribution >= 0.6 is 0 Å². The van der Waals surface area contributed by atoms with Gasteiger partial charge >= 0.3 is 0 Å². The Morgan fingerprint density at radius 3 is 2.70 bits per heavy atom. The zero-order valence-electron chi connectivity index (χ0n) is 12.3. The number of nitrogens with two attached hydrogens (primary N) is 1. The molecule has 0 saturated heterocycles. The van der Waals surface area contributed by atoms with Gasteiger partial charge in [-0.05, 0) is 37.5 Å². The number of aliphatic hydroxyl groups excluding tert-OH is 1. The molecule has 0 bridgehead atoms. The Morgan fingerprint density at radius 2 is 2.15 bits per heavy atom. The van der Waals surface area contributed by atoms with E-state index in [0.717, 1.165) is 0 Å². The average Bonchev–Trinajstić information content (AvgIpc) is 2.39. The Hall–Kier alpha value is -1.59. The summed E-state index contributed by atoms with van der Waals surface area (Å²) < 4.78 is 5.39. The van der Waals surface area contributed by atoms with Gasteiger partial charge in [0.05, 0.1) is 19.3 Å². The molecule has 5 nitrogen and oxygen atoms in total. The maximum Gasteiger partial charge on any atom is 0.241 e. The van der Waals surface area contributed by atoms with E-state index in [1.165, 1.54) is 0 Å². The minimum absolute atomic E-state index is 0.142. The van der Waals surface area contributed by atoms with Gasteiger partial charge in [0.25, 0.3) is 0 Å². The summed E-state index contributed by atoms with van der Waals surface area (Å²) >= 11 is 0. The summed E-state index contributed by atoms with van der Waals surface area (Å²) in [7, 11) is 0. The molecule has 4 N–H and O–H groups in total. The van der Waals surface area contributed by atoms with Crippen LogP contribution in [0.25, 0.3) is 0 Å². The van der Waals surface area contributed by atoms with Gasteiger partial charge in [-0.1, -0.05) is 13.8 Å². The Balaban J connectivity index is 2.75. The molecule has 0 radical (unpaired) electrons. The highest BCUT2D eigenvalue weighted by Gasteiger charge is 2.15. The zero-order chi connectivity index (χ0) is 15.1. The highest BCUT2D eigenvalue weighted by atomic mass is 16.5. The molecule has 0 aliphatic carbocycles. The van der Waals surface area contributed by atoms with Gasteiger partial charge in [0.2, 0.25) is 5.91 Å². The van der Waals surface area contributed by atoms with Crippen LogP contribution in [0.3, 0.4) is 0 Å². The van der Waals surface area contributed by atoms with Crippen LogP contribution in [0.1, 0.15) is 32.8 Å². The number of rotatable bonds is 7. The van der Waals surface area contributed by atoms with Crippen molar-refractivity contribution in [2.75, 3.05) is 11.9 Å². The third-order valence-corrected chi connectivity index (χ3v) is 2.86. The summed E-state index contributed by atoms with van der Waals surface area (Å²) in [5.74, 6) is 0.773. The fourth-order valence-corrected chi connectivity index (χ4v) is 1.93. The van der Waals surface area contributed by atoms with Crippen molar-refractivity contribution in [2.45, 2.75) is 39.8 Å². The van der Waals surface area contributed by atoms with Crippen molar-refractivity contribution in [3.05, 3.63) is 23.8 Å². The molecule has 0 spiro atoms. The first-order valence-corrected chi connectivity index (χ1v) is 6.91. The van der Waals surface area contributed by atoms with Crippen molar-refractivity contribution in [3.63, 3.8) is 0 Å². The number of benzene rings is 1. The number of carbonyl (C=O) groups is 1. The summed E-state index contributed by atoms with van der Waals surface area (Å²) in [4.78, 5) is 11.9. The lowest BCUT2D eigenvalue weighted by Crippen LogP contribution is -2.36. The molecule has 0 aliphatic heterocycles. The van der Waals surface area contributed by atoms with Gasteiger partial charge in [-0.2, -0.15) is 0 Å². The highest BCUT2D eigenvalue weighted by molar-refractivity contribution is 5.94. The van der Waals surface area contributed by atoms with Crippen LogP contribution in [-0.4, -0.2) is 23.7 Å². The van der Waals surface area contributed by atoms with Crippen molar-refractivity contribution in [3.8, 4) is 5.75 Å². The molecule has 0 heterocycles. The van der Waals surface area contributed by atoms with Crippen LogP contribution in [0.4, 0.5) is 5.69 Å². The second-order valence-electron chi connectivity index (χ2n) is 5.14. The van der Waals surface area contributed by atoms with Crippen molar-refractivity contribution in [1.29, 1.82) is 0 Å². The van der Waals surface area contributed by atoms with E-state index in [2.05, 4.69) is 5.32 Å². The number of aliphatic hydroxyl groups is 1. The van der Waals surface area contributed by atoms with Crippen molar-refractivity contribution in [2.24, 2.45) is 11.7 Å². The minimum Gasteiger partial charge on any atom is -0.494 e. The molecule has 112 valence electrons. The van der Waals surface area contributed by atoms with Crippen LogP contribution in [0.2, 0.25) is 0 Å². The molecule has 0 aromatic heterocycles. The first-order chi connectivity index (χ1) is 9.47. The van der Waals surface area contributed by atoms with E-state index in [9.17, 15) is 9.90 Å². The number of hydrogen-bond donors (Lipinski definition) is 3. The number of ether oxygens (including phenoxy) is 1. The van der Waals surface area contributed by atoms with E-state index in [0.29, 0.717) is 35.9 Å². The Kier molecular flexibility index (Phi) is 6.48. The van der Waals surface area contributed by atoms with Gasteiger partial charge < -0.3 is 20.9 Å². The van der Waals surface area contributed by atoms with Crippen molar-refractivity contribution < 1.29 is 14.6 Å². The molecular formula is C15H24N2O3. The summed E-state index contributed by atoms with van der Waals surface area (Å²) in [5.41, 5.74) is 7.08. The van der Waals surface area contributed by atoms with Crippen LogP contribution in [0, 0.1) is 5.92 Å². The van der Waals surface area contributed by atoms with Gasteiger partial charge in [-0.15, -0.1) is 0 Å². The van der Waals surface area contributed by atoms with Crippen LogP contribution in [0.5, 0.6) is 5.75 Å². The van der Waals surface area contributed by atoms with Crippen LogP contribution < -0.4 is 15.8 Å². The summed E-state index contributed by atoms with van der Waals surface area (Å²) in [6.07, 6.45) is 0.635. The maximum absolute atomic E-state index is 11.9. The first-order valence-electron chi connectivity index (χ1n) is 6.91. The number of anilines is 1. The van der Waals surface area contributed by atoms with E-state index in [-0.39, 0.29) is 12.5 Å². The van der Waals surface area contributed by atoms with E-state index in [4.69, 9.17) is 10.5 Å². The molecule has 5 heteroatoms. The quantitative estimate of drug-likeness (QED) is 0.712. The van der Waals surface area contributed by atoms with Gasteiger partial charge in [0, 0.05) is 11.3 Å². The smallest absolute Gasteiger partial charge is 0.241 e. The summed E-state index contributed by atoms with van der Waals surface area (Å²) in [6.45, 7) is 6.30. The SMILES string of the molecule is CCOc1ccc(NC(=O)[C@@H](N)CC(C)C)cc1CO. The molecule has 0 unspecified atom stereocenters. The Bertz CT molecular complexity index is 447. The van der Waals surface area contributed by atoms with E-state index < -0.39 is 6.04 Å². The van der Waals surface area contributed by atoms with Gasteiger partial charge in [0.15, 0.2) is 0 Å². The standard InChI is InChI=1S/C15H24N2O3/c1-4-20-14-6-5-12(8-11(14)9-18)17-15(19)13(16)7-10(2)3/h5-6,8,10,13,18H,4,7,9,16H2,1-3H3,(H,17,19)/t13-/m0/s1. The molecule has 1 aromatic rings. The topological polar surface area (TPSA) is 84.6 Å². The monoisotopic (exact) mass is 280 g/mol. The first kappa shape index (κ1) is 16.5. The van der Waals surface area contributed by atoms with Gasteiger partial charge in [0.1, 0.15) is 5.75 Å². The number of hydrogen-bond acceptors (Lipinski definition) is 4. The largest absolute Gasteiger partial charge is 0.494 e. The fraction of sp³-hybridized carbons (Fsp3) is 0.533. The molecule has 1 atom stereocenters. The molecular weight excluding hydrogens is 256 g/mol. The van der Waals surface area contributed by atoms with E-state index in [1.54, 1.807) is 18.2 Å². The van der Waals surface area contributed by atoms with Gasteiger partial charge in [-0.3, -0.25) is 4.79 Å². The molecule has 20 heavy (non-hydrogen) atoms. The fourth-order valence-electron chi connectivity index (χ4n) is 1.93. The lowest BCUT2D eigenvalue weighted by molar-refractivity contribution is -0.117. The minimum atomic E-state index is -0.529. The Morgan fingerprint density at radius 1 is 1.45 bits per heavy atom. The second kappa shape index (κ2) is 7.87. The highest BCUT2D eigenvalue weighted by Crippen LogP contribution is 2.23. The van der Waals surface area contributed by atoms with Crippen LogP contribution in [-0.2, 0) is 11.4 Å². The number of nitrogens with one attached hydrogen (secondary N) is 1. The van der Waals surface area contributed by atoms with Crippen molar-refractivity contribution in [1.82, 2.24) is 0 Å². The molecule has 1 rings (SSSR count). The third-order valence-electron chi connectivity index (χ3n) is 2.86. The predicted octanol–water partition coefficient (Wildman–Crippen LogP) is 1.89. The molecule has 0 aliphatic rings. The Labute approximate surface area is 120 Å². The van der Waals surface area contributed by atoms with Crippen LogP contribution in [0.15, 0.2) is 18.2 Å². The van der Waals surface area contributed by atoms with Crippen molar-refractivity contribution >= 4 is 11.6 Å². The average molecular weight is 280 g/mol. The number of amides is 1. The number of carbonyl (C=O) groups excluding carboxylic acids is 1. The third kappa shape index (κ3) is 4.83. The normalized spacial score (nSPS) is 12.3. The lowest BCUT2D eigenvalue weighted by Gasteiger charge is -2.15. The van der Waals surface area contributed by atoms with E-state index >= 15 is 0 Å². The summed E-state index contributed by atoms with van der Waals surface area (Å²) in [5, 5.41) is 12.1. The molecule has 0 fully saturated rings. The summed E-state index contributed by atoms with van der Waals surface area (Å²) in [6, 6.07) is 4.65. The van der Waals surface area contributed by atoms with E-state index in [1.807, 2.05) is 20.8 Å². The molecule has 0 saturated carbocycles. The second-order valence-corrected chi connectivity index (χ2v) is 5.14. The maximum atomic E-state index is 11.9. The molecule has 1 aromatic carbocycles. The van der Waals surface area contributed by atoms with Gasteiger partial charge in [-0.25, -0.2) is 0 Å². The predicted molar refractivity (Wildman–Crippen MR) is 79.6 cm³/mol. The lowest BCUT2D eigenvalue weighted by atomic mass is 10.0. The zero-order valence-corrected chi connectivity index (χ0v) is 12.3. The molecule has 1 amide bonds.